The van der Waals surface area contributed by atoms with Crippen molar-refractivity contribution in [3.8, 4) is 0 Å². The third kappa shape index (κ3) is 6.80. The normalized spacial score (nSPS) is 17.4. The molecule has 0 rings (SSSR count). The highest BCUT2D eigenvalue weighted by Crippen LogP contribution is 2.02. The molecule has 0 heterocycles. The van der Waals surface area contributed by atoms with E-state index in [1.54, 1.807) is 4.91 Å². The van der Waals surface area contributed by atoms with Crippen LogP contribution >= 0.6 is 0 Å². The Morgan fingerprint density at radius 1 is 1.27 bits per heavy atom. The summed E-state index contributed by atoms with van der Waals surface area (Å²) in [6, 6.07) is 0. The van der Waals surface area contributed by atoms with Crippen molar-refractivity contribution in [3.05, 3.63) is 10.4 Å². The Bertz CT molecular complexity index is 207. The van der Waals surface area contributed by atoms with E-state index in [2.05, 4.69) is 0 Å². The molecule has 0 amide bonds. The summed E-state index contributed by atoms with van der Waals surface area (Å²) in [4.78, 5) is 11.6. The zero-order chi connectivity index (χ0) is 12.4. The lowest BCUT2D eigenvalue weighted by molar-refractivity contribution is -0.136. The average molecular weight is 223 g/mol. The number of aliphatic hydroxyl groups is 5. The molecule has 0 fully saturated rings. The molecule has 0 bridgehead atoms. The summed E-state index contributed by atoms with van der Waals surface area (Å²) in [5, 5.41) is 43.5. The second-order valence-electron chi connectivity index (χ2n) is 2.46. The summed E-state index contributed by atoms with van der Waals surface area (Å²) in [6.07, 6.45) is -6.84. The Morgan fingerprint density at radius 3 is 1.93 bits per heavy atom. The quantitative estimate of drug-likeness (QED) is 0.130. The molecule has 0 aromatic carbocycles. The van der Waals surface area contributed by atoms with Gasteiger partial charge in [0.1, 0.15) is 24.4 Å². The van der Waals surface area contributed by atoms with Crippen molar-refractivity contribution in [1.29, 1.82) is 5.53 Å². The number of carbonyl (C=O) groups is 1. The van der Waals surface area contributed by atoms with E-state index < -0.39 is 31.0 Å². The van der Waals surface area contributed by atoms with Crippen LogP contribution < -0.4 is 0 Å². The van der Waals surface area contributed by atoms with Gasteiger partial charge in [-0.1, -0.05) is 0 Å². The summed E-state index contributed by atoms with van der Waals surface area (Å²) < 4.78 is 0. The van der Waals surface area contributed by atoms with Gasteiger partial charge in [0.05, 0.1) is 6.61 Å². The molecule has 0 spiro atoms. The van der Waals surface area contributed by atoms with Crippen molar-refractivity contribution < 1.29 is 30.3 Å². The Kier molecular flexibility index (Phi) is 10.1. The predicted octanol–water partition coefficient (Wildman–Crippen LogP) is -2.50. The van der Waals surface area contributed by atoms with Crippen LogP contribution in [0.5, 0.6) is 0 Å². The first-order chi connectivity index (χ1) is 6.95. The van der Waals surface area contributed by atoms with E-state index in [0.717, 1.165) is 0 Å². The lowest BCUT2D eigenvalue weighted by atomic mass is 10.0. The van der Waals surface area contributed by atoms with Gasteiger partial charge >= 0.3 is 0 Å². The summed E-state index contributed by atoms with van der Waals surface area (Å²) in [6.45, 7) is -0.760. The summed E-state index contributed by atoms with van der Waals surface area (Å²) in [7, 11) is 0. The minimum Gasteiger partial charge on any atom is -0.394 e. The molecular formula is C6H13N3O6. The molecule has 0 radical (unpaired) electrons. The molecule has 0 aromatic rings. The average Bonchev–Trinajstić information content (AvgIpc) is 2.25. The molecule has 0 aliphatic carbocycles. The minimum absolute atomic E-state index is 0.0258. The number of rotatable bonds is 5. The molecule has 0 unspecified atom stereocenters. The van der Waals surface area contributed by atoms with Gasteiger partial charge in [-0.2, -0.15) is 0 Å². The van der Waals surface area contributed by atoms with Crippen LogP contribution in [0.25, 0.3) is 10.4 Å². The summed E-state index contributed by atoms with van der Waals surface area (Å²) in [5.41, 5.74) is 12.2. The second-order valence-corrected chi connectivity index (χ2v) is 2.46. The fraction of sp³-hybridized carbons (Fsp3) is 0.833. The van der Waals surface area contributed by atoms with Gasteiger partial charge in [0.2, 0.25) is 0 Å². The van der Waals surface area contributed by atoms with Gasteiger partial charge in [-0.05, 0) is 10.4 Å². The fourth-order valence-corrected chi connectivity index (χ4v) is 0.618. The smallest absolute Gasteiger partial charge is 0.151 e. The van der Waals surface area contributed by atoms with Crippen LogP contribution in [0.2, 0.25) is 0 Å². The van der Waals surface area contributed by atoms with Crippen molar-refractivity contribution in [3.63, 3.8) is 0 Å². The molecule has 9 nitrogen and oxygen atoms in total. The maximum Gasteiger partial charge on any atom is 0.151 e. The Morgan fingerprint density at radius 2 is 1.67 bits per heavy atom. The number of hydrogen-bond acceptors (Lipinski definition) is 7. The third-order valence-electron chi connectivity index (χ3n) is 1.42. The van der Waals surface area contributed by atoms with E-state index in [4.69, 9.17) is 36.6 Å². The van der Waals surface area contributed by atoms with Crippen molar-refractivity contribution in [1.82, 2.24) is 0 Å². The molecule has 6 N–H and O–H groups in total. The van der Waals surface area contributed by atoms with Gasteiger partial charge in [0.25, 0.3) is 0 Å². The van der Waals surface area contributed by atoms with E-state index >= 15 is 0 Å². The molecule has 9 heteroatoms. The molecule has 0 aromatic heterocycles. The van der Waals surface area contributed by atoms with Crippen LogP contribution in [-0.2, 0) is 4.79 Å². The Balaban J connectivity index is 0. The Hall–Kier alpha value is -1.22. The van der Waals surface area contributed by atoms with E-state index in [0.29, 0.717) is 0 Å². The molecule has 0 aliphatic heterocycles. The number of aldehydes is 1. The molecule has 0 saturated heterocycles. The first-order valence-corrected chi connectivity index (χ1v) is 3.75. The monoisotopic (exact) mass is 223 g/mol. The zero-order valence-corrected chi connectivity index (χ0v) is 7.63. The van der Waals surface area contributed by atoms with Crippen molar-refractivity contribution >= 4 is 6.29 Å². The first kappa shape index (κ1) is 16.2. The molecule has 0 saturated carbocycles. The maximum atomic E-state index is 9.90. The molecule has 88 valence electrons. The van der Waals surface area contributed by atoms with E-state index in [9.17, 15) is 4.79 Å². The van der Waals surface area contributed by atoms with Crippen LogP contribution in [0.15, 0.2) is 0 Å². The van der Waals surface area contributed by atoms with Crippen molar-refractivity contribution in [2.45, 2.75) is 24.4 Å². The van der Waals surface area contributed by atoms with E-state index in [1.165, 1.54) is 0 Å². The van der Waals surface area contributed by atoms with Crippen LogP contribution in [0.3, 0.4) is 0 Å². The van der Waals surface area contributed by atoms with Gasteiger partial charge < -0.3 is 30.3 Å². The molecule has 15 heavy (non-hydrogen) atoms. The summed E-state index contributed by atoms with van der Waals surface area (Å²) >= 11 is 0. The standard InChI is InChI=1S/C6H12O6.HN3/c7-1-3(9)5(11)6(12)4(10)2-8;1-3-2/h1,3-6,8-12H,2H2;1H/t3-,4-,5-,6-;/m1./s1. The number of carbonyl (C=O) groups excluding carboxylic acids is 1. The number of hydrogen-bond donors (Lipinski definition) is 6. The highest BCUT2D eigenvalue weighted by atomic mass is 16.4. The molecular weight excluding hydrogens is 210 g/mol. The predicted molar refractivity (Wildman–Crippen MR) is 46.6 cm³/mol. The lowest BCUT2D eigenvalue weighted by Gasteiger charge is -2.22. The van der Waals surface area contributed by atoms with Gasteiger partial charge in [0.15, 0.2) is 6.29 Å². The van der Waals surface area contributed by atoms with Crippen LogP contribution in [0.1, 0.15) is 0 Å². The Labute approximate surface area is 84.6 Å². The third-order valence-corrected chi connectivity index (χ3v) is 1.42. The maximum absolute atomic E-state index is 9.90. The van der Waals surface area contributed by atoms with Gasteiger partial charge in [-0.3, -0.25) is 0 Å². The minimum atomic E-state index is -1.79. The van der Waals surface area contributed by atoms with Crippen molar-refractivity contribution in [2.24, 2.45) is 0 Å². The topological polar surface area (TPSA) is 178 Å². The highest BCUT2D eigenvalue weighted by Gasteiger charge is 2.29. The zero-order valence-electron chi connectivity index (χ0n) is 7.63. The molecule has 4 atom stereocenters. The lowest BCUT2D eigenvalue weighted by Crippen LogP contribution is -2.46. The number of aliphatic hydroxyl groups excluding tert-OH is 5. The van der Waals surface area contributed by atoms with Gasteiger partial charge in [-0.25, -0.2) is 0 Å². The van der Waals surface area contributed by atoms with E-state index in [1.807, 2.05) is 0 Å². The van der Waals surface area contributed by atoms with Crippen molar-refractivity contribution in [2.75, 3.05) is 6.61 Å². The van der Waals surface area contributed by atoms with Gasteiger partial charge in [-0.15, -0.1) is 5.53 Å². The number of nitrogens with zero attached hydrogens (tertiary/aromatic N) is 2. The van der Waals surface area contributed by atoms with Crippen LogP contribution in [-0.4, -0.2) is 62.8 Å². The van der Waals surface area contributed by atoms with Gasteiger partial charge in [0, 0.05) is 0 Å². The van der Waals surface area contributed by atoms with E-state index in [-0.39, 0.29) is 6.29 Å². The highest BCUT2D eigenvalue weighted by molar-refractivity contribution is 5.56. The first-order valence-electron chi connectivity index (χ1n) is 3.75. The second kappa shape index (κ2) is 9.34. The SMILES string of the molecule is O=C[C@@H](O)[C@@H](O)[C@H](O)[C@H](O)CO.[N-]=[N+]=N. The number of nitrogens with one attached hydrogen (secondary N) is 1. The van der Waals surface area contributed by atoms with Crippen LogP contribution in [0.4, 0.5) is 0 Å². The molecule has 0 aliphatic rings. The fourth-order valence-electron chi connectivity index (χ4n) is 0.618. The van der Waals surface area contributed by atoms with Crippen LogP contribution in [0, 0.1) is 5.53 Å². The summed E-state index contributed by atoms with van der Waals surface area (Å²) in [5.74, 6) is 0. The largest absolute Gasteiger partial charge is 0.394 e.